The maximum Gasteiger partial charge on any atom is 0.534 e. The Kier molecular flexibility index (Phi) is 7.02. The first-order valence-corrected chi connectivity index (χ1v) is 14.2. The van der Waals surface area contributed by atoms with Gasteiger partial charge in [0.25, 0.3) is 0 Å². The Morgan fingerprint density at radius 2 is 1.37 bits per heavy atom. The molecule has 2 saturated carbocycles. The van der Waals surface area contributed by atoms with E-state index in [1.165, 1.54) is 30.8 Å². The number of halogens is 3. The molecule has 1 aliphatic heterocycles. The molecule has 0 amide bonds. The summed E-state index contributed by atoms with van der Waals surface area (Å²) in [6.45, 7) is 13.0. The third kappa shape index (κ3) is 5.49. The Bertz CT molecular complexity index is 968. The second-order valence-corrected chi connectivity index (χ2v) is 13.8. The first-order valence-electron chi connectivity index (χ1n) is 12.7. The van der Waals surface area contributed by atoms with E-state index in [1.54, 1.807) is 0 Å². The van der Waals surface area contributed by atoms with Gasteiger partial charge in [0, 0.05) is 6.42 Å². The summed E-state index contributed by atoms with van der Waals surface area (Å²) < 4.78 is 74.6. The fourth-order valence-electron chi connectivity index (χ4n) is 6.30. The van der Waals surface area contributed by atoms with Crippen molar-refractivity contribution in [1.82, 2.24) is 0 Å². The molecule has 6 atom stereocenters. The lowest BCUT2D eigenvalue weighted by atomic mass is 9.69. The minimum absolute atomic E-state index is 0.0482. The third-order valence-electron chi connectivity index (χ3n) is 9.06. The summed E-state index contributed by atoms with van der Waals surface area (Å²) in [5, 5.41) is 0. The molecule has 6 unspecified atom stereocenters. The van der Waals surface area contributed by atoms with Crippen molar-refractivity contribution >= 4 is 17.2 Å². The molecule has 10 heteroatoms. The topological polar surface area (TPSA) is 61.8 Å². The second kappa shape index (κ2) is 9.08. The van der Waals surface area contributed by atoms with Crippen molar-refractivity contribution in [1.29, 1.82) is 0 Å². The van der Waals surface area contributed by atoms with Crippen molar-refractivity contribution in [2.45, 2.75) is 96.8 Å². The predicted octanol–water partition coefficient (Wildman–Crippen LogP) is 6.41. The van der Waals surface area contributed by atoms with Crippen LogP contribution in [0.3, 0.4) is 0 Å². The molecule has 3 fully saturated rings. The molecule has 5 aliphatic rings. The first kappa shape index (κ1) is 27.1. The summed E-state index contributed by atoms with van der Waals surface area (Å²) in [6.07, 6.45) is 9.98. The van der Waals surface area contributed by atoms with Crippen molar-refractivity contribution in [3.8, 4) is 0 Å². The minimum Gasteiger partial charge on any atom is -0.400 e. The summed E-state index contributed by atoms with van der Waals surface area (Å²) in [5.41, 5.74) is -4.36. The largest absolute Gasteiger partial charge is 0.534 e. The van der Waals surface area contributed by atoms with Crippen LogP contribution in [-0.2, 0) is 23.6 Å². The zero-order valence-electron chi connectivity index (χ0n) is 21.5. The molecule has 0 N–H and O–H groups in total. The van der Waals surface area contributed by atoms with Gasteiger partial charge in [-0.25, -0.2) is 0 Å². The van der Waals surface area contributed by atoms with Crippen LogP contribution in [0.5, 0.6) is 0 Å². The molecule has 4 bridgehead atoms. The molecule has 0 aromatic carbocycles. The van der Waals surface area contributed by atoms with Gasteiger partial charge in [-0.05, 0) is 107 Å². The van der Waals surface area contributed by atoms with E-state index < -0.39 is 15.6 Å². The monoisotopic (exact) mass is 518 g/mol. The van der Waals surface area contributed by atoms with Crippen LogP contribution in [0.15, 0.2) is 23.4 Å². The summed E-state index contributed by atoms with van der Waals surface area (Å²) in [7, 11) is -5.61. The zero-order valence-corrected chi connectivity index (χ0v) is 22.3. The molecule has 5 nitrogen and oxygen atoms in total. The quantitative estimate of drug-likeness (QED) is 0.245. The van der Waals surface area contributed by atoms with Gasteiger partial charge in [-0.2, -0.15) is 21.6 Å². The third-order valence-corrected chi connectivity index (χ3v) is 10.1. The Labute approximate surface area is 208 Å². The molecule has 0 aromatic rings. The number of hydrogen-bond acceptors (Lipinski definition) is 5. The fourth-order valence-corrected chi connectivity index (χ4v) is 6.80. The molecular formula is C25H38BF3O5S. The van der Waals surface area contributed by atoms with E-state index in [0.717, 1.165) is 30.6 Å². The summed E-state index contributed by atoms with van der Waals surface area (Å²) >= 11 is 0. The molecule has 0 spiro atoms. The molecule has 4 aliphatic carbocycles. The maximum absolute atomic E-state index is 12.1. The van der Waals surface area contributed by atoms with Gasteiger partial charge in [-0.1, -0.05) is 19.9 Å². The SMILES string of the molecule is CC1CC2C=C(B3OC(C)(C)C(C)(C)O3)CC1C2.CC1CC2C=C(OS(=O)(=O)C(F)(F)F)CC1C2. The van der Waals surface area contributed by atoms with Crippen molar-refractivity contribution < 1.29 is 35.1 Å². The summed E-state index contributed by atoms with van der Waals surface area (Å²) in [6, 6.07) is 0. The number of allylic oxidation sites excluding steroid dienone is 4. The van der Waals surface area contributed by atoms with Gasteiger partial charge in [0.2, 0.25) is 0 Å². The van der Waals surface area contributed by atoms with E-state index in [-0.39, 0.29) is 42.3 Å². The highest BCUT2D eigenvalue weighted by atomic mass is 32.2. The van der Waals surface area contributed by atoms with E-state index in [4.69, 9.17) is 9.31 Å². The molecule has 0 aromatic heterocycles. The summed E-state index contributed by atoms with van der Waals surface area (Å²) in [5.74, 6) is 3.25. The average Bonchev–Trinajstić information content (AvgIpc) is 3.21. The van der Waals surface area contributed by atoms with E-state index in [9.17, 15) is 21.6 Å². The first-order chi connectivity index (χ1) is 16.0. The maximum atomic E-state index is 12.1. The van der Waals surface area contributed by atoms with Gasteiger partial charge in [-0.15, -0.1) is 0 Å². The molecule has 198 valence electrons. The highest BCUT2D eigenvalue weighted by Gasteiger charge is 2.53. The van der Waals surface area contributed by atoms with Gasteiger partial charge in [-0.3, -0.25) is 0 Å². The lowest BCUT2D eigenvalue weighted by Gasteiger charge is -2.32. The standard InChI is InChI=1S/C15H25BO2.C10H13F3O3S/c1-10-6-11-7-12(10)9-13(8-11)16-17-14(2,3)15(4,5)18-16;1-6-2-7-3-8(6)5-9(4-7)16-17(14,15)10(11,12)13/h8,10-12H,6-7,9H2,1-5H3;4,6-8H,2-3,5H2,1H3. The van der Waals surface area contributed by atoms with Gasteiger partial charge in [0.1, 0.15) is 5.76 Å². The highest BCUT2D eigenvalue weighted by Crippen LogP contribution is 2.48. The Morgan fingerprint density at radius 3 is 1.83 bits per heavy atom. The van der Waals surface area contributed by atoms with E-state index in [0.29, 0.717) is 5.92 Å². The Balaban J connectivity index is 0.000000165. The average molecular weight is 518 g/mol. The van der Waals surface area contributed by atoms with Crippen molar-refractivity contribution in [2.75, 3.05) is 0 Å². The van der Waals surface area contributed by atoms with Gasteiger partial charge in [0.05, 0.1) is 11.2 Å². The number of rotatable bonds is 3. The van der Waals surface area contributed by atoms with Crippen LogP contribution in [0, 0.1) is 35.5 Å². The van der Waals surface area contributed by atoms with E-state index in [1.807, 2.05) is 6.92 Å². The molecule has 35 heavy (non-hydrogen) atoms. The smallest absolute Gasteiger partial charge is 0.400 e. The van der Waals surface area contributed by atoms with Crippen molar-refractivity contribution in [2.24, 2.45) is 35.5 Å². The van der Waals surface area contributed by atoms with Crippen LogP contribution in [0.25, 0.3) is 0 Å². The molecular weight excluding hydrogens is 480 g/mol. The molecule has 1 heterocycles. The Hall–Kier alpha value is -0.995. The molecule has 0 radical (unpaired) electrons. The van der Waals surface area contributed by atoms with Crippen LogP contribution in [0.1, 0.15) is 80.1 Å². The second-order valence-electron chi connectivity index (χ2n) is 12.3. The van der Waals surface area contributed by atoms with Gasteiger partial charge < -0.3 is 13.5 Å². The van der Waals surface area contributed by atoms with Crippen molar-refractivity contribution in [3.63, 3.8) is 0 Å². The lowest BCUT2D eigenvalue weighted by Crippen LogP contribution is -2.41. The van der Waals surface area contributed by atoms with Crippen molar-refractivity contribution in [3.05, 3.63) is 23.4 Å². The number of alkyl halides is 3. The molecule has 1 saturated heterocycles. The zero-order chi connectivity index (χ0) is 26.0. The van der Waals surface area contributed by atoms with Crippen LogP contribution >= 0.6 is 0 Å². The predicted molar refractivity (Wildman–Crippen MR) is 128 cm³/mol. The molecule has 5 rings (SSSR count). The normalized spacial score (nSPS) is 37.3. The lowest BCUT2D eigenvalue weighted by molar-refractivity contribution is -0.0525. The van der Waals surface area contributed by atoms with Crippen LogP contribution < -0.4 is 0 Å². The number of hydrogen-bond donors (Lipinski definition) is 0. The number of fused-ring (bicyclic) bond motifs is 4. The van der Waals surface area contributed by atoms with Gasteiger partial charge >= 0.3 is 22.7 Å². The minimum atomic E-state index is -5.50. The summed E-state index contributed by atoms with van der Waals surface area (Å²) in [4.78, 5) is 0. The van der Waals surface area contributed by atoms with E-state index in [2.05, 4.69) is 44.9 Å². The highest BCUT2D eigenvalue weighted by molar-refractivity contribution is 7.87. The Morgan fingerprint density at radius 1 is 0.886 bits per heavy atom. The van der Waals surface area contributed by atoms with Crippen LogP contribution in [0.2, 0.25) is 0 Å². The van der Waals surface area contributed by atoms with Crippen LogP contribution in [0.4, 0.5) is 13.2 Å². The van der Waals surface area contributed by atoms with Crippen LogP contribution in [-0.4, -0.2) is 32.2 Å². The van der Waals surface area contributed by atoms with Gasteiger partial charge in [0.15, 0.2) is 0 Å². The van der Waals surface area contributed by atoms with E-state index >= 15 is 0 Å². The fraction of sp³-hybridized carbons (Fsp3) is 0.840.